The molecule has 3 amide bonds. The van der Waals surface area contributed by atoms with Gasteiger partial charge in [-0.1, -0.05) is 26.0 Å². The monoisotopic (exact) mass is 479 g/mol. The number of nitrogens with two attached hydrogens (primary N) is 2. The Morgan fingerprint density at radius 3 is 2.18 bits per heavy atom. The zero-order valence-corrected chi connectivity index (χ0v) is 19.8. The van der Waals surface area contributed by atoms with Crippen molar-refractivity contribution < 1.29 is 29.4 Å². The number of carbonyl (C=O) groups excluding carboxylic acids is 3. The van der Waals surface area contributed by atoms with Gasteiger partial charge in [0.2, 0.25) is 17.7 Å². The van der Waals surface area contributed by atoms with Gasteiger partial charge in [-0.05, 0) is 55.8 Å². The number of aliphatic carboxylic acids is 1. The van der Waals surface area contributed by atoms with E-state index in [1.165, 1.54) is 12.1 Å². The van der Waals surface area contributed by atoms with Crippen molar-refractivity contribution in [3.05, 3.63) is 29.8 Å². The van der Waals surface area contributed by atoms with E-state index in [0.717, 1.165) is 0 Å². The summed E-state index contributed by atoms with van der Waals surface area (Å²) in [5.74, 6) is -2.70. The molecular formula is C23H37N5O6. The lowest BCUT2D eigenvalue weighted by Crippen LogP contribution is -2.53. The largest absolute Gasteiger partial charge is 0.508 e. The average Bonchev–Trinajstić information content (AvgIpc) is 2.77. The lowest BCUT2D eigenvalue weighted by Gasteiger charge is -2.21. The number of carboxylic acid groups (broad SMARTS) is 1. The molecule has 0 saturated carbocycles. The smallest absolute Gasteiger partial charge is 0.326 e. The fourth-order valence-corrected chi connectivity index (χ4v) is 3.26. The predicted molar refractivity (Wildman–Crippen MR) is 127 cm³/mol. The highest BCUT2D eigenvalue weighted by atomic mass is 16.4. The summed E-state index contributed by atoms with van der Waals surface area (Å²) in [7, 11) is 0. The third kappa shape index (κ3) is 11.1. The van der Waals surface area contributed by atoms with Crippen LogP contribution in [0.15, 0.2) is 24.3 Å². The first-order valence-corrected chi connectivity index (χ1v) is 11.4. The zero-order chi connectivity index (χ0) is 25.7. The van der Waals surface area contributed by atoms with Crippen molar-refractivity contribution in [2.24, 2.45) is 17.4 Å². The molecule has 0 aromatic heterocycles. The van der Waals surface area contributed by atoms with Gasteiger partial charge in [-0.25, -0.2) is 4.79 Å². The summed E-state index contributed by atoms with van der Waals surface area (Å²) in [5.41, 5.74) is 12.0. The van der Waals surface area contributed by atoms with E-state index in [1.54, 1.807) is 12.1 Å². The van der Waals surface area contributed by atoms with Gasteiger partial charge in [0.05, 0.1) is 12.6 Å². The summed E-state index contributed by atoms with van der Waals surface area (Å²) in [4.78, 5) is 48.9. The van der Waals surface area contributed by atoms with Gasteiger partial charge in [0.1, 0.15) is 17.8 Å². The van der Waals surface area contributed by atoms with Crippen LogP contribution in [-0.2, 0) is 25.6 Å². The molecule has 1 rings (SSSR count). The van der Waals surface area contributed by atoms with E-state index in [-0.39, 0.29) is 18.1 Å². The van der Waals surface area contributed by atoms with E-state index < -0.39 is 48.4 Å². The van der Waals surface area contributed by atoms with Crippen LogP contribution in [0.25, 0.3) is 0 Å². The number of hydrogen-bond acceptors (Lipinski definition) is 7. The quantitative estimate of drug-likeness (QED) is 0.165. The number of amides is 3. The van der Waals surface area contributed by atoms with Crippen LogP contribution in [0.5, 0.6) is 5.75 Å². The molecule has 190 valence electrons. The van der Waals surface area contributed by atoms with Gasteiger partial charge in [0, 0.05) is 6.42 Å². The van der Waals surface area contributed by atoms with Crippen LogP contribution >= 0.6 is 0 Å². The first kappa shape index (κ1) is 28.9. The van der Waals surface area contributed by atoms with Crippen LogP contribution in [0.2, 0.25) is 0 Å². The Labute approximate surface area is 199 Å². The van der Waals surface area contributed by atoms with Crippen LogP contribution in [-0.4, -0.2) is 65.1 Å². The van der Waals surface area contributed by atoms with E-state index in [2.05, 4.69) is 16.0 Å². The van der Waals surface area contributed by atoms with Crippen LogP contribution in [0.4, 0.5) is 0 Å². The molecule has 0 spiro atoms. The van der Waals surface area contributed by atoms with Crippen molar-refractivity contribution in [3.8, 4) is 5.75 Å². The molecule has 0 heterocycles. The number of phenols is 1. The molecule has 9 N–H and O–H groups in total. The molecule has 3 unspecified atom stereocenters. The molecular weight excluding hydrogens is 442 g/mol. The van der Waals surface area contributed by atoms with Crippen molar-refractivity contribution >= 4 is 23.7 Å². The fraction of sp³-hybridized carbons (Fsp3) is 0.565. The average molecular weight is 480 g/mol. The minimum absolute atomic E-state index is 0.000804. The van der Waals surface area contributed by atoms with E-state index >= 15 is 0 Å². The van der Waals surface area contributed by atoms with Gasteiger partial charge < -0.3 is 37.6 Å². The molecule has 0 fully saturated rings. The first-order valence-electron chi connectivity index (χ1n) is 11.4. The molecule has 0 radical (unpaired) electrons. The number of benzene rings is 1. The molecule has 11 heteroatoms. The third-order valence-corrected chi connectivity index (χ3v) is 5.07. The zero-order valence-electron chi connectivity index (χ0n) is 19.8. The molecule has 0 aliphatic rings. The maximum Gasteiger partial charge on any atom is 0.326 e. The van der Waals surface area contributed by atoms with Crippen molar-refractivity contribution in [1.82, 2.24) is 16.0 Å². The van der Waals surface area contributed by atoms with Crippen molar-refractivity contribution in [2.75, 3.05) is 13.1 Å². The maximum atomic E-state index is 12.6. The predicted octanol–water partition coefficient (Wildman–Crippen LogP) is -0.392. The summed E-state index contributed by atoms with van der Waals surface area (Å²) in [6, 6.07) is 3.07. The highest BCUT2D eigenvalue weighted by molar-refractivity contribution is 5.92. The Kier molecular flexibility index (Phi) is 12.6. The van der Waals surface area contributed by atoms with Crippen LogP contribution in [0.1, 0.15) is 45.1 Å². The topological polar surface area (TPSA) is 197 Å². The molecule has 1 aromatic rings. The normalized spacial score (nSPS) is 13.6. The SMILES string of the molecule is CC(C)CC(N)C(=O)NC(CCCCN)C(=O)NCC(=O)NC(Cc1ccc(O)cc1)C(=O)O. The number of carbonyl (C=O) groups is 4. The van der Waals surface area contributed by atoms with Crippen LogP contribution < -0.4 is 27.4 Å². The number of rotatable bonds is 15. The molecule has 34 heavy (non-hydrogen) atoms. The Morgan fingerprint density at radius 1 is 0.971 bits per heavy atom. The number of hydrogen-bond donors (Lipinski definition) is 7. The third-order valence-electron chi connectivity index (χ3n) is 5.07. The second-order valence-corrected chi connectivity index (χ2v) is 8.63. The van der Waals surface area contributed by atoms with E-state index in [9.17, 15) is 29.4 Å². The number of carboxylic acids is 1. The number of unbranched alkanes of at least 4 members (excludes halogenated alkanes) is 1. The maximum absolute atomic E-state index is 12.6. The highest BCUT2D eigenvalue weighted by Crippen LogP contribution is 2.11. The number of nitrogens with one attached hydrogen (secondary N) is 3. The summed E-state index contributed by atoms with van der Waals surface area (Å²) in [5, 5.41) is 26.2. The number of phenolic OH excluding ortho intramolecular Hbond substituents is 1. The molecule has 0 aliphatic carbocycles. The van der Waals surface area contributed by atoms with Crippen molar-refractivity contribution in [1.29, 1.82) is 0 Å². The summed E-state index contributed by atoms with van der Waals surface area (Å²) < 4.78 is 0. The fourth-order valence-electron chi connectivity index (χ4n) is 3.26. The highest BCUT2D eigenvalue weighted by Gasteiger charge is 2.25. The van der Waals surface area contributed by atoms with Crippen molar-refractivity contribution in [3.63, 3.8) is 0 Å². The number of aromatic hydroxyl groups is 1. The molecule has 1 aromatic carbocycles. The summed E-state index contributed by atoms with van der Waals surface area (Å²) in [6.07, 6.45) is 2.04. The summed E-state index contributed by atoms with van der Waals surface area (Å²) in [6.45, 7) is 3.85. The minimum Gasteiger partial charge on any atom is -0.508 e. The van der Waals surface area contributed by atoms with Crippen LogP contribution in [0.3, 0.4) is 0 Å². The molecule has 0 saturated heterocycles. The van der Waals surface area contributed by atoms with Gasteiger partial charge in [0.15, 0.2) is 0 Å². The molecule has 3 atom stereocenters. The standard InChI is InChI=1S/C23H37N5O6/c1-14(2)11-17(25)21(31)28-18(5-3-4-10-24)22(32)26-13-20(30)27-19(23(33)34)12-15-6-8-16(29)9-7-15/h6-9,14,17-19,29H,3-5,10-13,24-25H2,1-2H3,(H,26,32)(H,27,30)(H,28,31)(H,33,34). The van der Waals surface area contributed by atoms with Crippen LogP contribution in [0, 0.1) is 5.92 Å². The lowest BCUT2D eigenvalue weighted by molar-refractivity contribution is -0.141. The van der Waals surface area contributed by atoms with E-state index in [4.69, 9.17) is 11.5 Å². The molecule has 0 aliphatic heterocycles. The van der Waals surface area contributed by atoms with Gasteiger partial charge in [0.25, 0.3) is 0 Å². The van der Waals surface area contributed by atoms with Gasteiger partial charge in [-0.3, -0.25) is 14.4 Å². The van der Waals surface area contributed by atoms with Gasteiger partial charge >= 0.3 is 5.97 Å². The minimum atomic E-state index is -1.24. The van der Waals surface area contributed by atoms with E-state index in [0.29, 0.717) is 37.8 Å². The second kappa shape index (κ2) is 14.9. The Bertz CT molecular complexity index is 815. The Morgan fingerprint density at radius 2 is 1.62 bits per heavy atom. The van der Waals surface area contributed by atoms with Gasteiger partial charge in [-0.2, -0.15) is 0 Å². The second-order valence-electron chi connectivity index (χ2n) is 8.63. The Hall–Kier alpha value is -3.18. The van der Waals surface area contributed by atoms with Gasteiger partial charge in [-0.15, -0.1) is 0 Å². The van der Waals surface area contributed by atoms with E-state index in [1.807, 2.05) is 13.8 Å². The Balaban J connectivity index is 2.68. The lowest BCUT2D eigenvalue weighted by atomic mass is 10.0. The van der Waals surface area contributed by atoms with Crippen molar-refractivity contribution in [2.45, 2.75) is 64.1 Å². The first-order chi connectivity index (χ1) is 16.0. The summed E-state index contributed by atoms with van der Waals surface area (Å²) >= 11 is 0. The molecule has 0 bridgehead atoms. The molecule has 11 nitrogen and oxygen atoms in total.